The van der Waals surface area contributed by atoms with E-state index in [2.05, 4.69) is 10.6 Å². The standard InChI is InChI=1S/C18H24N4O5/c23-14-10-12(18(27)22-8-5-19-16(25)11-22)9-13(14)20-15(24)4-7-21-6-2-1-3-17(21)26/h1-3,6,12-14,23H,4-5,7-11H2,(H,19,25)(H,20,24)/t12-,13+,14+/m0/s1. The van der Waals surface area contributed by atoms with Gasteiger partial charge in [-0.25, -0.2) is 0 Å². The maximum absolute atomic E-state index is 12.6. The maximum atomic E-state index is 12.6. The third kappa shape index (κ3) is 4.73. The van der Waals surface area contributed by atoms with Crippen molar-refractivity contribution in [3.05, 3.63) is 34.7 Å². The molecule has 9 heteroatoms. The molecule has 1 aromatic heterocycles. The molecule has 0 aromatic carbocycles. The van der Waals surface area contributed by atoms with E-state index >= 15 is 0 Å². The van der Waals surface area contributed by atoms with Crippen molar-refractivity contribution in [2.75, 3.05) is 19.6 Å². The quantitative estimate of drug-likeness (QED) is 0.575. The van der Waals surface area contributed by atoms with Crippen LogP contribution in [0.25, 0.3) is 0 Å². The lowest BCUT2D eigenvalue weighted by Crippen LogP contribution is -2.51. The average molecular weight is 376 g/mol. The molecule has 2 fully saturated rings. The van der Waals surface area contributed by atoms with Crippen molar-refractivity contribution in [1.82, 2.24) is 20.1 Å². The van der Waals surface area contributed by atoms with Crippen LogP contribution in [-0.2, 0) is 20.9 Å². The second-order valence-electron chi connectivity index (χ2n) is 7.00. The lowest BCUT2D eigenvalue weighted by molar-refractivity contribution is -0.141. The van der Waals surface area contributed by atoms with Gasteiger partial charge in [-0.1, -0.05) is 6.07 Å². The van der Waals surface area contributed by atoms with E-state index in [9.17, 15) is 24.3 Å². The first-order valence-corrected chi connectivity index (χ1v) is 9.12. The first-order valence-electron chi connectivity index (χ1n) is 9.12. The lowest BCUT2D eigenvalue weighted by atomic mass is 10.1. The van der Waals surface area contributed by atoms with Gasteiger partial charge in [-0.05, 0) is 18.9 Å². The molecule has 2 aliphatic rings. The molecule has 0 unspecified atom stereocenters. The summed E-state index contributed by atoms with van der Waals surface area (Å²) in [7, 11) is 0. The van der Waals surface area contributed by atoms with Crippen molar-refractivity contribution in [3.63, 3.8) is 0 Å². The van der Waals surface area contributed by atoms with Crippen molar-refractivity contribution in [1.29, 1.82) is 0 Å². The van der Waals surface area contributed by atoms with Crippen LogP contribution < -0.4 is 16.2 Å². The van der Waals surface area contributed by atoms with Gasteiger partial charge in [0.05, 0.1) is 18.7 Å². The molecule has 1 aromatic rings. The van der Waals surface area contributed by atoms with Gasteiger partial charge in [-0.3, -0.25) is 19.2 Å². The van der Waals surface area contributed by atoms with Gasteiger partial charge < -0.3 is 25.2 Å². The largest absolute Gasteiger partial charge is 0.391 e. The molecular formula is C18H24N4O5. The number of aromatic nitrogens is 1. The van der Waals surface area contributed by atoms with Crippen molar-refractivity contribution in [3.8, 4) is 0 Å². The number of nitrogens with zero attached hydrogens (tertiary/aromatic N) is 2. The van der Waals surface area contributed by atoms with Crippen molar-refractivity contribution < 1.29 is 19.5 Å². The molecule has 3 atom stereocenters. The summed E-state index contributed by atoms with van der Waals surface area (Å²) in [6, 6.07) is 4.28. The third-order valence-electron chi connectivity index (χ3n) is 5.05. The van der Waals surface area contributed by atoms with E-state index in [-0.39, 0.29) is 49.2 Å². The van der Waals surface area contributed by atoms with Crippen LogP contribution in [-0.4, -0.2) is 64.1 Å². The summed E-state index contributed by atoms with van der Waals surface area (Å²) in [6.45, 7) is 1.17. The molecule has 3 rings (SSSR count). The topological polar surface area (TPSA) is 121 Å². The number of pyridine rings is 1. The van der Waals surface area contributed by atoms with E-state index in [0.717, 1.165) is 0 Å². The predicted octanol–water partition coefficient (Wildman–Crippen LogP) is -1.55. The Morgan fingerprint density at radius 2 is 2.07 bits per heavy atom. The van der Waals surface area contributed by atoms with Gasteiger partial charge >= 0.3 is 0 Å². The van der Waals surface area contributed by atoms with E-state index in [0.29, 0.717) is 19.5 Å². The Bertz CT molecular complexity index is 777. The minimum Gasteiger partial charge on any atom is -0.391 e. The molecule has 3 amide bonds. The van der Waals surface area contributed by atoms with E-state index in [1.54, 1.807) is 18.3 Å². The summed E-state index contributed by atoms with van der Waals surface area (Å²) in [6.07, 6.45) is 1.53. The average Bonchev–Trinajstić information content (AvgIpc) is 3.01. The Hall–Kier alpha value is -2.68. The van der Waals surface area contributed by atoms with Gasteiger partial charge in [-0.2, -0.15) is 0 Å². The molecule has 0 spiro atoms. The number of nitrogens with one attached hydrogen (secondary N) is 2. The van der Waals surface area contributed by atoms with Gasteiger partial charge in [-0.15, -0.1) is 0 Å². The monoisotopic (exact) mass is 376 g/mol. The third-order valence-corrected chi connectivity index (χ3v) is 5.05. The van der Waals surface area contributed by atoms with Crippen LogP contribution >= 0.6 is 0 Å². The summed E-state index contributed by atoms with van der Waals surface area (Å²) in [5.41, 5.74) is -0.178. The number of piperazine rings is 1. The number of aryl methyl sites for hydroxylation is 1. The van der Waals surface area contributed by atoms with Gasteiger partial charge in [0.15, 0.2) is 0 Å². The normalized spacial score (nSPS) is 25.1. The number of carbonyl (C=O) groups excluding carboxylic acids is 3. The Morgan fingerprint density at radius 3 is 2.81 bits per heavy atom. The highest BCUT2D eigenvalue weighted by Crippen LogP contribution is 2.28. The second kappa shape index (κ2) is 8.34. The van der Waals surface area contributed by atoms with Gasteiger partial charge in [0.2, 0.25) is 17.7 Å². The molecule has 1 aliphatic heterocycles. The molecule has 9 nitrogen and oxygen atoms in total. The number of aliphatic hydroxyl groups excluding tert-OH is 1. The lowest BCUT2D eigenvalue weighted by Gasteiger charge is -2.29. The van der Waals surface area contributed by atoms with E-state index in [4.69, 9.17) is 0 Å². The number of hydrogen-bond donors (Lipinski definition) is 3. The molecule has 0 radical (unpaired) electrons. The highest BCUT2D eigenvalue weighted by Gasteiger charge is 2.40. The number of hydrogen-bond acceptors (Lipinski definition) is 5. The molecule has 0 bridgehead atoms. The zero-order chi connectivity index (χ0) is 19.4. The minimum atomic E-state index is -0.805. The summed E-state index contributed by atoms with van der Waals surface area (Å²) in [5.74, 6) is -1.03. The molecule has 1 saturated heterocycles. The minimum absolute atomic E-state index is 0.0360. The summed E-state index contributed by atoms with van der Waals surface area (Å²) in [4.78, 5) is 49.3. The fraction of sp³-hybridized carbons (Fsp3) is 0.556. The smallest absolute Gasteiger partial charge is 0.250 e. The Kier molecular flexibility index (Phi) is 5.90. The first-order chi connectivity index (χ1) is 12.9. The molecule has 3 N–H and O–H groups in total. The second-order valence-corrected chi connectivity index (χ2v) is 7.00. The van der Waals surface area contributed by atoms with Crippen LogP contribution in [0, 0.1) is 5.92 Å². The fourth-order valence-electron chi connectivity index (χ4n) is 3.60. The van der Waals surface area contributed by atoms with Crippen molar-refractivity contribution in [2.45, 2.75) is 38.0 Å². The van der Waals surface area contributed by atoms with E-state index in [1.807, 2.05) is 0 Å². The number of carbonyl (C=O) groups is 3. The van der Waals surface area contributed by atoms with Crippen LogP contribution in [0.5, 0.6) is 0 Å². The summed E-state index contributed by atoms with van der Waals surface area (Å²) in [5, 5.41) is 15.6. The van der Waals surface area contributed by atoms with E-state index in [1.165, 1.54) is 15.5 Å². The molecule has 1 saturated carbocycles. The Morgan fingerprint density at radius 1 is 1.26 bits per heavy atom. The highest BCUT2D eigenvalue weighted by molar-refractivity contribution is 5.87. The molecule has 27 heavy (non-hydrogen) atoms. The van der Waals surface area contributed by atoms with Gasteiger partial charge in [0, 0.05) is 44.2 Å². The van der Waals surface area contributed by atoms with Crippen LogP contribution in [0.2, 0.25) is 0 Å². The molecule has 146 valence electrons. The maximum Gasteiger partial charge on any atom is 0.250 e. The SMILES string of the molecule is O=C1CN(C(=O)[C@@H]2C[C@@H](O)[C@H](NC(=O)CCn3ccccc3=O)C2)CCN1. The number of aliphatic hydroxyl groups is 1. The zero-order valence-electron chi connectivity index (χ0n) is 15.0. The number of amides is 3. The van der Waals surface area contributed by atoms with Gasteiger partial charge in [0.1, 0.15) is 0 Å². The Labute approximate surface area is 156 Å². The molecule has 1 aliphatic carbocycles. The highest BCUT2D eigenvalue weighted by atomic mass is 16.3. The summed E-state index contributed by atoms with van der Waals surface area (Å²) >= 11 is 0. The van der Waals surface area contributed by atoms with Crippen molar-refractivity contribution in [2.24, 2.45) is 5.92 Å². The molecular weight excluding hydrogens is 352 g/mol. The van der Waals surface area contributed by atoms with Crippen molar-refractivity contribution >= 4 is 17.7 Å². The van der Waals surface area contributed by atoms with E-state index < -0.39 is 18.1 Å². The van der Waals surface area contributed by atoms with Gasteiger partial charge in [0.25, 0.3) is 5.56 Å². The van der Waals surface area contributed by atoms with Crippen LogP contribution in [0.1, 0.15) is 19.3 Å². The number of rotatable bonds is 5. The summed E-state index contributed by atoms with van der Waals surface area (Å²) < 4.78 is 1.44. The zero-order valence-corrected chi connectivity index (χ0v) is 15.0. The Balaban J connectivity index is 1.50. The van der Waals surface area contributed by atoms with Crippen LogP contribution in [0.15, 0.2) is 29.2 Å². The predicted molar refractivity (Wildman–Crippen MR) is 95.6 cm³/mol. The van der Waals surface area contributed by atoms with Crippen LogP contribution in [0.3, 0.4) is 0 Å². The van der Waals surface area contributed by atoms with Crippen LogP contribution in [0.4, 0.5) is 0 Å². The fourth-order valence-corrected chi connectivity index (χ4v) is 3.60. The molecule has 2 heterocycles. The first kappa shape index (κ1) is 19.1.